The lowest BCUT2D eigenvalue weighted by molar-refractivity contribution is -0.286. The monoisotopic (exact) mass is 287 g/mol. The van der Waals surface area contributed by atoms with Crippen LogP contribution in [0.2, 0.25) is 0 Å². The van der Waals surface area contributed by atoms with Gasteiger partial charge in [0.2, 0.25) is 0 Å². The highest BCUT2D eigenvalue weighted by Crippen LogP contribution is 2.41. The number of hydrogen-bond donors (Lipinski definition) is 1. The molecule has 20 heavy (non-hydrogen) atoms. The summed E-state index contributed by atoms with van der Waals surface area (Å²) in [6.45, 7) is 2.98. The fraction of sp³-hybridized carbons (Fsp3) is 0.462. The van der Waals surface area contributed by atoms with Gasteiger partial charge in [-0.25, -0.2) is 0 Å². The van der Waals surface area contributed by atoms with Crippen LogP contribution in [0.15, 0.2) is 18.2 Å². The Hall–Kier alpha value is -1.89. The van der Waals surface area contributed by atoms with Gasteiger partial charge in [0.1, 0.15) is 0 Å². The van der Waals surface area contributed by atoms with Crippen molar-refractivity contribution in [3.8, 4) is 11.5 Å². The third-order valence-electron chi connectivity index (χ3n) is 2.61. The molecular weight excluding hydrogens is 272 g/mol. The molecule has 0 radical (unpaired) electrons. The Bertz CT molecular complexity index is 493. The van der Waals surface area contributed by atoms with Crippen LogP contribution in [-0.2, 0) is 16.1 Å². The Balaban J connectivity index is 1.79. The van der Waals surface area contributed by atoms with Gasteiger partial charge in [-0.1, -0.05) is 6.07 Å². The first-order valence-electron chi connectivity index (χ1n) is 6.25. The normalized spacial score (nSPS) is 15.2. The van der Waals surface area contributed by atoms with Crippen molar-refractivity contribution in [2.45, 2.75) is 26.2 Å². The minimum Gasteiger partial charge on any atom is -0.466 e. The lowest BCUT2D eigenvalue weighted by atomic mass is 10.2. The van der Waals surface area contributed by atoms with Crippen LogP contribution >= 0.6 is 0 Å². The molecule has 0 saturated carbocycles. The lowest BCUT2D eigenvalue weighted by Crippen LogP contribution is -2.25. The number of fused-ring (bicyclic) bond motifs is 1. The first-order chi connectivity index (χ1) is 9.50. The van der Waals surface area contributed by atoms with E-state index in [2.05, 4.69) is 14.8 Å². The summed E-state index contributed by atoms with van der Waals surface area (Å²) in [5.74, 6) is -0.240. The van der Waals surface area contributed by atoms with E-state index in [0.717, 1.165) is 5.56 Å². The zero-order valence-electron chi connectivity index (χ0n) is 10.9. The third-order valence-corrected chi connectivity index (χ3v) is 2.61. The van der Waals surface area contributed by atoms with Crippen LogP contribution in [0.25, 0.3) is 0 Å². The number of nitrogens with one attached hydrogen (secondary N) is 1. The van der Waals surface area contributed by atoms with Crippen molar-refractivity contribution < 1.29 is 27.8 Å². The van der Waals surface area contributed by atoms with E-state index < -0.39 is 6.29 Å². The van der Waals surface area contributed by atoms with Gasteiger partial charge in [-0.05, 0) is 24.6 Å². The van der Waals surface area contributed by atoms with Crippen LogP contribution < -0.4 is 14.8 Å². The summed E-state index contributed by atoms with van der Waals surface area (Å²) in [5, 5.41) is 3.02. The van der Waals surface area contributed by atoms with E-state index in [1.807, 2.05) is 0 Å². The maximum atomic E-state index is 12.8. The number of carbonyl (C=O) groups is 1. The third kappa shape index (κ3) is 3.80. The lowest BCUT2D eigenvalue weighted by Gasteiger charge is -2.05. The molecule has 0 unspecified atom stereocenters. The van der Waals surface area contributed by atoms with Crippen molar-refractivity contribution in [2.24, 2.45) is 0 Å². The highest BCUT2D eigenvalue weighted by Gasteiger charge is 2.43. The first-order valence-corrected chi connectivity index (χ1v) is 6.25. The molecule has 0 saturated heterocycles. The standard InChI is InChI=1S/C13H15F2NO4/c1-2-18-12(17)5-6-16-8-9-3-4-10-11(7-9)20-13(14,15)19-10/h3-4,7,16H,2,5-6,8H2,1H3. The summed E-state index contributed by atoms with van der Waals surface area (Å²) in [7, 11) is 0. The number of benzene rings is 1. The second-order valence-corrected chi connectivity index (χ2v) is 4.18. The Morgan fingerprint density at radius 2 is 2.10 bits per heavy atom. The Morgan fingerprint density at radius 1 is 1.35 bits per heavy atom. The smallest absolute Gasteiger partial charge is 0.466 e. The summed E-state index contributed by atoms with van der Waals surface area (Å²) in [6.07, 6.45) is -3.34. The van der Waals surface area contributed by atoms with Gasteiger partial charge in [0, 0.05) is 13.1 Å². The van der Waals surface area contributed by atoms with Crippen molar-refractivity contribution in [1.82, 2.24) is 5.32 Å². The fourth-order valence-corrected chi connectivity index (χ4v) is 1.76. The number of hydrogen-bond acceptors (Lipinski definition) is 5. The second kappa shape index (κ2) is 6.04. The highest BCUT2D eigenvalue weighted by atomic mass is 19.3. The van der Waals surface area contributed by atoms with Crippen molar-refractivity contribution in [2.75, 3.05) is 13.2 Å². The van der Waals surface area contributed by atoms with Crippen molar-refractivity contribution in [3.63, 3.8) is 0 Å². The van der Waals surface area contributed by atoms with E-state index in [-0.39, 0.29) is 23.9 Å². The molecule has 0 fully saturated rings. The number of ether oxygens (including phenoxy) is 3. The summed E-state index contributed by atoms with van der Waals surface area (Å²) in [5.41, 5.74) is 0.758. The van der Waals surface area contributed by atoms with E-state index in [1.165, 1.54) is 12.1 Å². The van der Waals surface area contributed by atoms with Crippen LogP contribution in [-0.4, -0.2) is 25.4 Å². The van der Waals surface area contributed by atoms with Gasteiger partial charge in [0.05, 0.1) is 13.0 Å². The quantitative estimate of drug-likeness (QED) is 0.641. The van der Waals surface area contributed by atoms with E-state index in [4.69, 9.17) is 4.74 Å². The van der Waals surface area contributed by atoms with Crippen LogP contribution in [0.5, 0.6) is 11.5 Å². The molecule has 1 heterocycles. The summed E-state index contributed by atoms with van der Waals surface area (Å²) in [4.78, 5) is 11.1. The van der Waals surface area contributed by atoms with Crippen LogP contribution in [0.1, 0.15) is 18.9 Å². The van der Waals surface area contributed by atoms with E-state index in [0.29, 0.717) is 19.7 Å². The van der Waals surface area contributed by atoms with E-state index in [1.54, 1.807) is 13.0 Å². The SMILES string of the molecule is CCOC(=O)CCNCc1ccc2c(c1)OC(F)(F)O2. The fourth-order valence-electron chi connectivity index (χ4n) is 1.76. The molecule has 1 aromatic carbocycles. The van der Waals surface area contributed by atoms with Crippen LogP contribution in [0.3, 0.4) is 0 Å². The molecule has 7 heteroatoms. The molecule has 1 aliphatic rings. The molecule has 2 rings (SSSR count). The zero-order valence-corrected chi connectivity index (χ0v) is 10.9. The van der Waals surface area contributed by atoms with Gasteiger partial charge < -0.3 is 19.5 Å². The molecule has 0 spiro atoms. The molecule has 0 aliphatic carbocycles. The summed E-state index contributed by atoms with van der Waals surface area (Å²) in [6, 6.07) is 4.56. The molecule has 1 aliphatic heterocycles. The maximum Gasteiger partial charge on any atom is 0.586 e. The zero-order chi connectivity index (χ0) is 14.6. The molecule has 0 aromatic heterocycles. The van der Waals surface area contributed by atoms with Crippen molar-refractivity contribution in [1.29, 1.82) is 0 Å². The Morgan fingerprint density at radius 3 is 2.85 bits per heavy atom. The number of rotatable bonds is 6. The topological polar surface area (TPSA) is 56.8 Å². The maximum absolute atomic E-state index is 12.8. The highest BCUT2D eigenvalue weighted by molar-refractivity contribution is 5.69. The molecule has 1 aromatic rings. The average molecular weight is 287 g/mol. The number of esters is 1. The van der Waals surface area contributed by atoms with Gasteiger partial charge >= 0.3 is 12.3 Å². The van der Waals surface area contributed by atoms with Gasteiger partial charge in [-0.2, -0.15) is 0 Å². The largest absolute Gasteiger partial charge is 0.586 e. The van der Waals surface area contributed by atoms with Crippen molar-refractivity contribution in [3.05, 3.63) is 23.8 Å². The first kappa shape index (κ1) is 14.5. The summed E-state index contributed by atoms with van der Waals surface area (Å²) >= 11 is 0. The molecule has 0 atom stereocenters. The Kier molecular flexibility index (Phi) is 4.39. The van der Waals surface area contributed by atoms with Gasteiger partial charge in [0.25, 0.3) is 0 Å². The van der Waals surface area contributed by atoms with Crippen molar-refractivity contribution >= 4 is 5.97 Å². The average Bonchev–Trinajstić information content (AvgIpc) is 2.68. The minimum atomic E-state index is -3.60. The molecular formula is C13H15F2NO4. The second-order valence-electron chi connectivity index (χ2n) is 4.18. The molecule has 5 nitrogen and oxygen atoms in total. The summed E-state index contributed by atoms with van der Waals surface area (Å²) < 4.78 is 39.1. The van der Waals surface area contributed by atoms with Crippen LogP contribution in [0, 0.1) is 0 Å². The minimum absolute atomic E-state index is 0.0136. The molecule has 1 N–H and O–H groups in total. The Labute approximate surface area is 114 Å². The van der Waals surface area contributed by atoms with Crippen LogP contribution in [0.4, 0.5) is 8.78 Å². The molecule has 0 amide bonds. The van der Waals surface area contributed by atoms with Gasteiger partial charge in [-0.15, -0.1) is 8.78 Å². The molecule has 0 bridgehead atoms. The van der Waals surface area contributed by atoms with Gasteiger partial charge in [0.15, 0.2) is 11.5 Å². The van der Waals surface area contributed by atoms with Gasteiger partial charge in [-0.3, -0.25) is 4.79 Å². The number of alkyl halides is 2. The van der Waals surface area contributed by atoms with E-state index >= 15 is 0 Å². The predicted molar refractivity (Wildman–Crippen MR) is 65.6 cm³/mol. The van der Waals surface area contributed by atoms with E-state index in [9.17, 15) is 13.6 Å². The predicted octanol–water partition coefficient (Wildman–Crippen LogP) is 2.05. The molecule has 110 valence electrons. The number of halogens is 2. The number of carbonyl (C=O) groups excluding carboxylic acids is 1.